The summed E-state index contributed by atoms with van der Waals surface area (Å²) in [4.78, 5) is 0. The summed E-state index contributed by atoms with van der Waals surface area (Å²) < 4.78 is 5.22. The number of hydrogen-bond donors (Lipinski definition) is 1. The number of aryl methyl sites for hydroxylation is 1. The molecule has 1 atom stereocenters. The number of ether oxygens (including phenoxy) is 1. The quantitative estimate of drug-likeness (QED) is 0.848. The van der Waals surface area contributed by atoms with Crippen molar-refractivity contribution in [3.8, 4) is 5.75 Å². The molecule has 2 nitrogen and oxygen atoms in total. The fourth-order valence-corrected chi connectivity index (χ4v) is 2.44. The van der Waals surface area contributed by atoms with Gasteiger partial charge >= 0.3 is 0 Å². The molecule has 0 bridgehead atoms. The highest BCUT2D eigenvalue weighted by Gasteiger charge is 2.23. The Morgan fingerprint density at radius 2 is 2.00 bits per heavy atom. The number of methoxy groups -OCH3 is 1. The summed E-state index contributed by atoms with van der Waals surface area (Å²) in [6.07, 6.45) is 0.986. The molecule has 16 heavy (non-hydrogen) atoms. The standard InChI is InChI=1S/C14H23NO/c1-10-8-12(16-5)6-7-13(10)14(3,4)9-11(2)15/h6-8,11H,9,15H2,1-5H3. The number of benzene rings is 1. The molecule has 0 radical (unpaired) electrons. The van der Waals surface area contributed by atoms with Crippen LogP contribution < -0.4 is 10.5 Å². The van der Waals surface area contributed by atoms with Gasteiger partial charge in [-0.2, -0.15) is 0 Å². The minimum Gasteiger partial charge on any atom is -0.497 e. The maximum atomic E-state index is 5.90. The molecule has 2 N–H and O–H groups in total. The number of nitrogens with two attached hydrogens (primary N) is 1. The van der Waals surface area contributed by atoms with Gasteiger partial charge in [0.2, 0.25) is 0 Å². The van der Waals surface area contributed by atoms with Gasteiger partial charge in [0.25, 0.3) is 0 Å². The van der Waals surface area contributed by atoms with Crippen molar-refractivity contribution >= 4 is 0 Å². The smallest absolute Gasteiger partial charge is 0.119 e. The van der Waals surface area contributed by atoms with E-state index in [0.29, 0.717) is 0 Å². The van der Waals surface area contributed by atoms with Gasteiger partial charge in [-0.05, 0) is 48.9 Å². The van der Waals surface area contributed by atoms with E-state index in [-0.39, 0.29) is 11.5 Å². The largest absolute Gasteiger partial charge is 0.497 e. The molecule has 0 saturated heterocycles. The molecule has 1 aromatic carbocycles. The minimum atomic E-state index is 0.116. The van der Waals surface area contributed by atoms with Crippen LogP contribution in [0.25, 0.3) is 0 Å². The molecular formula is C14H23NO. The van der Waals surface area contributed by atoms with E-state index in [2.05, 4.69) is 39.8 Å². The van der Waals surface area contributed by atoms with Crippen molar-refractivity contribution in [2.75, 3.05) is 7.11 Å². The van der Waals surface area contributed by atoms with Gasteiger partial charge in [0.05, 0.1) is 7.11 Å². The van der Waals surface area contributed by atoms with Crippen LogP contribution in [0.3, 0.4) is 0 Å². The van der Waals surface area contributed by atoms with E-state index in [1.807, 2.05) is 6.07 Å². The molecule has 0 amide bonds. The summed E-state index contributed by atoms with van der Waals surface area (Å²) in [6.45, 7) is 8.66. The zero-order valence-electron chi connectivity index (χ0n) is 11.0. The van der Waals surface area contributed by atoms with Gasteiger partial charge in [0.15, 0.2) is 0 Å². The molecule has 0 spiro atoms. The van der Waals surface area contributed by atoms with Crippen LogP contribution in [0, 0.1) is 6.92 Å². The van der Waals surface area contributed by atoms with Crippen LogP contribution in [-0.4, -0.2) is 13.2 Å². The molecule has 0 heterocycles. The summed E-state index contributed by atoms with van der Waals surface area (Å²) in [7, 11) is 1.70. The number of hydrogen-bond acceptors (Lipinski definition) is 2. The first-order valence-corrected chi connectivity index (χ1v) is 5.77. The maximum Gasteiger partial charge on any atom is 0.119 e. The van der Waals surface area contributed by atoms with E-state index >= 15 is 0 Å². The summed E-state index contributed by atoms with van der Waals surface area (Å²) >= 11 is 0. The zero-order chi connectivity index (χ0) is 12.3. The third kappa shape index (κ3) is 2.99. The highest BCUT2D eigenvalue weighted by molar-refractivity contribution is 5.38. The van der Waals surface area contributed by atoms with Crippen molar-refractivity contribution in [2.24, 2.45) is 5.73 Å². The van der Waals surface area contributed by atoms with Gasteiger partial charge in [-0.1, -0.05) is 19.9 Å². The molecule has 0 aromatic heterocycles. The zero-order valence-corrected chi connectivity index (χ0v) is 11.0. The van der Waals surface area contributed by atoms with Gasteiger partial charge in [0, 0.05) is 6.04 Å². The average Bonchev–Trinajstić information content (AvgIpc) is 2.14. The van der Waals surface area contributed by atoms with Gasteiger partial charge in [-0.25, -0.2) is 0 Å². The highest BCUT2D eigenvalue weighted by Crippen LogP contribution is 2.32. The molecule has 1 rings (SSSR count). The molecule has 1 aromatic rings. The van der Waals surface area contributed by atoms with Gasteiger partial charge in [-0.3, -0.25) is 0 Å². The van der Waals surface area contributed by atoms with Crippen molar-refractivity contribution in [2.45, 2.75) is 45.6 Å². The van der Waals surface area contributed by atoms with Crippen LogP contribution >= 0.6 is 0 Å². The third-order valence-electron chi connectivity index (χ3n) is 2.99. The molecule has 0 saturated carbocycles. The van der Waals surface area contributed by atoms with Crippen LogP contribution in [0.2, 0.25) is 0 Å². The lowest BCUT2D eigenvalue weighted by molar-refractivity contribution is 0.410. The minimum absolute atomic E-state index is 0.116. The summed E-state index contributed by atoms with van der Waals surface area (Å²) in [5.74, 6) is 0.915. The Bertz CT molecular complexity index is 356. The van der Waals surface area contributed by atoms with Gasteiger partial charge in [0.1, 0.15) is 5.75 Å². The lowest BCUT2D eigenvalue weighted by atomic mass is 9.77. The first-order chi connectivity index (χ1) is 7.36. The Morgan fingerprint density at radius 1 is 1.38 bits per heavy atom. The molecule has 0 aliphatic rings. The van der Waals surface area contributed by atoms with Gasteiger partial charge < -0.3 is 10.5 Å². The Labute approximate surface area is 98.8 Å². The van der Waals surface area contributed by atoms with Crippen molar-refractivity contribution < 1.29 is 4.74 Å². The Morgan fingerprint density at radius 3 is 2.44 bits per heavy atom. The second kappa shape index (κ2) is 4.88. The predicted molar refractivity (Wildman–Crippen MR) is 69.0 cm³/mol. The second-order valence-corrected chi connectivity index (χ2v) is 5.25. The van der Waals surface area contributed by atoms with E-state index in [1.165, 1.54) is 11.1 Å². The van der Waals surface area contributed by atoms with Crippen molar-refractivity contribution in [3.05, 3.63) is 29.3 Å². The van der Waals surface area contributed by atoms with Crippen molar-refractivity contribution in [1.82, 2.24) is 0 Å². The van der Waals surface area contributed by atoms with E-state index in [4.69, 9.17) is 10.5 Å². The van der Waals surface area contributed by atoms with Crippen molar-refractivity contribution in [3.63, 3.8) is 0 Å². The summed E-state index contributed by atoms with van der Waals surface area (Å²) in [5.41, 5.74) is 8.63. The fraction of sp³-hybridized carbons (Fsp3) is 0.571. The van der Waals surface area contributed by atoms with E-state index < -0.39 is 0 Å². The molecule has 90 valence electrons. The van der Waals surface area contributed by atoms with Crippen LogP contribution in [0.15, 0.2) is 18.2 Å². The highest BCUT2D eigenvalue weighted by atomic mass is 16.5. The number of rotatable bonds is 4. The molecular weight excluding hydrogens is 198 g/mol. The first-order valence-electron chi connectivity index (χ1n) is 5.77. The average molecular weight is 221 g/mol. The molecule has 1 unspecified atom stereocenters. The lowest BCUT2D eigenvalue weighted by Crippen LogP contribution is -2.28. The van der Waals surface area contributed by atoms with Gasteiger partial charge in [-0.15, -0.1) is 0 Å². The normalized spacial score (nSPS) is 13.6. The third-order valence-corrected chi connectivity index (χ3v) is 2.99. The van der Waals surface area contributed by atoms with E-state index in [9.17, 15) is 0 Å². The topological polar surface area (TPSA) is 35.2 Å². The lowest BCUT2D eigenvalue weighted by Gasteiger charge is -2.29. The summed E-state index contributed by atoms with van der Waals surface area (Å²) in [5, 5.41) is 0. The summed E-state index contributed by atoms with van der Waals surface area (Å²) in [6, 6.07) is 6.47. The maximum absolute atomic E-state index is 5.90. The second-order valence-electron chi connectivity index (χ2n) is 5.25. The van der Waals surface area contributed by atoms with E-state index in [0.717, 1.165) is 12.2 Å². The SMILES string of the molecule is COc1ccc(C(C)(C)CC(C)N)c(C)c1. The fourth-order valence-electron chi connectivity index (χ4n) is 2.44. The predicted octanol–water partition coefficient (Wildman–Crippen LogP) is 3.02. The Kier molecular flexibility index (Phi) is 3.98. The van der Waals surface area contributed by atoms with E-state index in [1.54, 1.807) is 7.11 Å². The van der Waals surface area contributed by atoms with Crippen LogP contribution in [-0.2, 0) is 5.41 Å². The Hall–Kier alpha value is -1.02. The van der Waals surface area contributed by atoms with Crippen LogP contribution in [0.4, 0.5) is 0 Å². The van der Waals surface area contributed by atoms with Crippen molar-refractivity contribution in [1.29, 1.82) is 0 Å². The first kappa shape index (κ1) is 13.0. The van der Waals surface area contributed by atoms with Crippen LogP contribution in [0.1, 0.15) is 38.3 Å². The molecule has 0 aliphatic heterocycles. The molecule has 2 heteroatoms. The molecule has 0 fully saturated rings. The Balaban J connectivity index is 3.03. The van der Waals surface area contributed by atoms with Crippen LogP contribution in [0.5, 0.6) is 5.75 Å². The monoisotopic (exact) mass is 221 g/mol. The molecule has 0 aliphatic carbocycles.